The van der Waals surface area contributed by atoms with Crippen LogP contribution < -0.4 is 21.0 Å². The Bertz CT molecular complexity index is 1030. The van der Waals surface area contributed by atoms with E-state index in [-0.39, 0.29) is 6.61 Å². The highest BCUT2D eigenvalue weighted by molar-refractivity contribution is 5.89. The molecule has 146 valence electrons. The second kappa shape index (κ2) is 9.05. The van der Waals surface area contributed by atoms with Crippen molar-refractivity contribution in [1.82, 2.24) is 0 Å². The number of nitrogens with one attached hydrogen (secondary N) is 1. The topological polar surface area (TPSA) is 94.4 Å². The molecule has 2 aromatic carbocycles. The smallest absolute Gasteiger partial charge is 0.411 e. The van der Waals surface area contributed by atoms with Crippen LogP contribution >= 0.6 is 0 Å². The first kappa shape index (κ1) is 19.4. The van der Waals surface area contributed by atoms with E-state index in [1.54, 1.807) is 26.2 Å². The molecule has 1 amide bonds. The second-order valence-corrected chi connectivity index (χ2v) is 6.20. The standard InChI is InChI=1S/C21H22N2O5/c1-3-27-21(25)23-16-7-8-18-15(10-20(24)28-19(18)11-16)13-22-12-14-5-4-6-17(9-14)26-2/h4-11,22H,3,12-13H2,1-2H3,(H,23,25)/p+1. The summed E-state index contributed by atoms with van der Waals surface area (Å²) in [5.74, 6) is 0.818. The van der Waals surface area contributed by atoms with E-state index in [4.69, 9.17) is 13.9 Å². The van der Waals surface area contributed by atoms with E-state index < -0.39 is 11.7 Å². The Morgan fingerprint density at radius 3 is 2.79 bits per heavy atom. The molecule has 0 aliphatic rings. The fourth-order valence-electron chi connectivity index (χ4n) is 2.96. The Balaban J connectivity index is 1.75. The number of rotatable bonds is 7. The SMILES string of the molecule is CCOC(=O)Nc1ccc2c(C[NH2+]Cc3cccc(OC)c3)cc(=O)oc2c1. The number of benzene rings is 2. The zero-order valence-corrected chi connectivity index (χ0v) is 15.9. The molecule has 3 N–H and O–H groups in total. The first-order valence-electron chi connectivity index (χ1n) is 9.04. The number of ether oxygens (including phenoxy) is 2. The van der Waals surface area contributed by atoms with Crippen molar-refractivity contribution in [1.29, 1.82) is 0 Å². The lowest BCUT2D eigenvalue weighted by molar-refractivity contribution is -0.686. The molecule has 0 atom stereocenters. The molecule has 0 spiro atoms. The van der Waals surface area contributed by atoms with Crippen LogP contribution in [-0.2, 0) is 17.8 Å². The number of hydrogen-bond acceptors (Lipinski definition) is 5. The van der Waals surface area contributed by atoms with Crippen molar-refractivity contribution >= 4 is 22.7 Å². The van der Waals surface area contributed by atoms with Gasteiger partial charge in [0.05, 0.1) is 13.7 Å². The molecular weight excluding hydrogens is 360 g/mol. The Labute approximate surface area is 162 Å². The Hall–Kier alpha value is -3.32. The molecule has 0 aliphatic heterocycles. The van der Waals surface area contributed by atoms with Crippen molar-refractivity contribution in [2.45, 2.75) is 20.0 Å². The molecule has 1 aromatic heterocycles. The number of hydrogen-bond donors (Lipinski definition) is 2. The lowest BCUT2D eigenvalue weighted by Crippen LogP contribution is -2.80. The van der Waals surface area contributed by atoms with E-state index in [2.05, 4.69) is 10.6 Å². The van der Waals surface area contributed by atoms with E-state index in [0.717, 1.165) is 28.8 Å². The minimum atomic E-state index is -0.549. The summed E-state index contributed by atoms with van der Waals surface area (Å²) in [6, 6.07) is 14.6. The molecule has 3 aromatic rings. The van der Waals surface area contributed by atoms with Crippen LogP contribution in [-0.4, -0.2) is 19.8 Å². The van der Waals surface area contributed by atoms with E-state index >= 15 is 0 Å². The van der Waals surface area contributed by atoms with E-state index in [1.807, 2.05) is 30.3 Å². The van der Waals surface area contributed by atoms with Crippen LogP contribution in [0.5, 0.6) is 5.75 Å². The highest BCUT2D eigenvalue weighted by Gasteiger charge is 2.10. The molecule has 0 saturated heterocycles. The number of quaternary nitrogens is 1. The number of carbonyl (C=O) groups is 1. The van der Waals surface area contributed by atoms with E-state index in [0.29, 0.717) is 17.8 Å². The Morgan fingerprint density at radius 2 is 2.00 bits per heavy atom. The number of anilines is 1. The van der Waals surface area contributed by atoms with Gasteiger partial charge in [-0.3, -0.25) is 5.32 Å². The maximum absolute atomic E-state index is 11.9. The first-order chi connectivity index (χ1) is 13.6. The van der Waals surface area contributed by atoms with Crippen LogP contribution in [0.4, 0.5) is 10.5 Å². The first-order valence-corrected chi connectivity index (χ1v) is 9.04. The van der Waals surface area contributed by atoms with Gasteiger partial charge in [-0.05, 0) is 31.2 Å². The molecule has 1 heterocycles. The Kier molecular flexibility index (Phi) is 6.29. The fourth-order valence-corrected chi connectivity index (χ4v) is 2.96. The molecule has 0 aliphatic carbocycles. The van der Waals surface area contributed by atoms with Gasteiger partial charge in [0.2, 0.25) is 0 Å². The van der Waals surface area contributed by atoms with Crippen LogP contribution in [0, 0.1) is 0 Å². The van der Waals surface area contributed by atoms with Crippen LogP contribution in [0.2, 0.25) is 0 Å². The normalized spacial score (nSPS) is 10.6. The van der Waals surface area contributed by atoms with Gasteiger partial charge in [0.25, 0.3) is 0 Å². The maximum Gasteiger partial charge on any atom is 0.411 e. The summed E-state index contributed by atoms with van der Waals surface area (Å²) in [5, 5.41) is 5.54. The summed E-state index contributed by atoms with van der Waals surface area (Å²) in [7, 11) is 1.64. The van der Waals surface area contributed by atoms with Crippen LogP contribution in [0.3, 0.4) is 0 Å². The molecule has 3 rings (SSSR count). The van der Waals surface area contributed by atoms with Gasteiger partial charge in [-0.15, -0.1) is 0 Å². The quantitative estimate of drug-likeness (QED) is 0.612. The number of methoxy groups -OCH3 is 1. The number of nitrogens with two attached hydrogens (primary N) is 1. The average molecular weight is 383 g/mol. The highest BCUT2D eigenvalue weighted by atomic mass is 16.5. The molecule has 0 saturated carbocycles. The number of fused-ring (bicyclic) bond motifs is 1. The fraction of sp³-hybridized carbons (Fsp3) is 0.238. The monoisotopic (exact) mass is 383 g/mol. The molecule has 28 heavy (non-hydrogen) atoms. The van der Waals surface area contributed by atoms with Crippen LogP contribution in [0.25, 0.3) is 11.0 Å². The van der Waals surface area contributed by atoms with Gasteiger partial charge < -0.3 is 19.2 Å². The van der Waals surface area contributed by atoms with Gasteiger partial charge in [0.1, 0.15) is 24.4 Å². The van der Waals surface area contributed by atoms with E-state index in [1.165, 1.54) is 6.07 Å². The van der Waals surface area contributed by atoms with Crippen LogP contribution in [0.1, 0.15) is 18.1 Å². The minimum absolute atomic E-state index is 0.280. The number of amides is 1. The molecule has 7 nitrogen and oxygen atoms in total. The van der Waals surface area contributed by atoms with Gasteiger partial charge in [-0.2, -0.15) is 0 Å². The van der Waals surface area contributed by atoms with Crippen molar-refractivity contribution in [2.24, 2.45) is 0 Å². The molecule has 0 bridgehead atoms. The van der Waals surface area contributed by atoms with Crippen molar-refractivity contribution in [3.63, 3.8) is 0 Å². The average Bonchev–Trinajstić information content (AvgIpc) is 2.68. The third-order valence-corrected chi connectivity index (χ3v) is 4.23. The zero-order chi connectivity index (χ0) is 19.9. The predicted molar refractivity (Wildman–Crippen MR) is 105 cm³/mol. The second-order valence-electron chi connectivity index (χ2n) is 6.20. The summed E-state index contributed by atoms with van der Waals surface area (Å²) in [5.41, 5.74) is 2.51. The third kappa shape index (κ3) is 4.89. The largest absolute Gasteiger partial charge is 0.497 e. The molecule has 0 unspecified atom stereocenters. The highest BCUT2D eigenvalue weighted by Crippen LogP contribution is 2.21. The lowest BCUT2D eigenvalue weighted by atomic mass is 10.1. The number of carbonyl (C=O) groups excluding carboxylic acids is 1. The van der Waals surface area contributed by atoms with Gasteiger partial charge in [-0.1, -0.05) is 12.1 Å². The maximum atomic E-state index is 11.9. The summed E-state index contributed by atoms with van der Waals surface area (Å²) in [6.45, 7) is 3.38. The zero-order valence-electron chi connectivity index (χ0n) is 15.9. The summed E-state index contributed by atoms with van der Waals surface area (Å²) < 4.78 is 15.4. The molecule has 0 fully saturated rings. The van der Waals surface area contributed by atoms with Gasteiger partial charge in [0.15, 0.2) is 0 Å². The summed E-state index contributed by atoms with van der Waals surface area (Å²) in [6.07, 6.45) is -0.549. The predicted octanol–water partition coefficient (Wildman–Crippen LogP) is 2.63. The van der Waals surface area contributed by atoms with Gasteiger partial charge in [0, 0.05) is 34.3 Å². The third-order valence-electron chi connectivity index (χ3n) is 4.23. The minimum Gasteiger partial charge on any atom is -0.497 e. The summed E-state index contributed by atoms with van der Waals surface area (Å²) in [4.78, 5) is 23.5. The lowest BCUT2D eigenvalue weighted by Gasteiger charge is -2.08. The molecule has 7 heteroatoms. The van der Waals surface area contributed by atoms with Crippen molar-refractivity contribution < 1.29 is 24.0 Å². The van der Waals surface area contributed by atoms with Gasteiger partial charge in [-0.25, -0.2) is 9.59 Å². The van der Waals surface area contributed by atoms with Crippen molar-refractivity contribution in [2.75, 3.05) is 19.0 Å². The molecule has 0 radical (unpaired) electrons. The van der Waals surface area contributed by atoms with Crippen molar-refractivity contribution in [3.8, 4) is 5.75 Å². The van der Waals surface area contributed by atoms with Crippen molar-refractivity contribution in [3.05, 3.63) is 70.1 Å². The Morgan fingerprint density at radius 1 is 1.14 bits per heavy atom. The van der Waals surface area contributed by atoms with E-state index in [9.17, 15) is 9.59 Å². The summed E-state index contributed by atoms with van der Waals surface area (Å²) >= 11 is 0. The van der Waals surface area contributed by atoms with Crippen LogP contribution in [0.15, 0.2) is 57.7 Å². The molecular formula is C21H23N2O5+. The van der Waals surface area contributed by atoms with Gasteiger partial charge >= 0.3 is 11.7 Å².